The van der Waals surface area contributed by atoms with Gasteiger partial charge in [-0.3, -0.25) is 4.79 Å². The van der Waals surface area contributed by atoms with Crippen molar-refractivity contribution in [1.82, 2.24) is 9.88 Å². The van der Waals surface area contributed by atoms with Crippen LogP contribution in [-0.2, 0) is 16.0 Å². The molecular weight excluding hydrogens is 444 g/mol. The number of hydrogen-bond acceptors (Lipinski definition) is 6. The zero-order valence-electron chi connectivity index (χ0n) is 19.4. The van der Waals surface area contributed by atoms with E-state index in [2.05, 4.69) is 6.08 Å². The van der Waals surface area contributed by atoms with Gasteiger partial charge >= 0.3 is 5.97 Å². The van der Waals surface area contributed by atoms with E-state index in [0.29, 0.717) is 5.56 Å². The van der Waals surface area contributed by atoms with Crippen LogP contribution in [-0.4, -0.2) is 48.2 Å². The summed E-state index contributed by atoms with van der Waals surface area (Å²) in [5.74, 6) is 0.880. The van der Waals surface area contributed by atoms with Gasteiger partial charge in [0.05, 0.1) is 16.8 Å². The lowest BCUT2D eigenvalue weighted by Gasteiger charge is -2.23. The van der Waals surface area contributed by atoms with Gasteiger partial charge in [0, 0.05) is 18.5 Å². The summed E-state index contributed by atoms with van der Waals surface area (Å²) in [6.45, 7) is 1.47. The lowest BCUT2D eigenvalue weighted by atomic mass is 9.86. The van der Waals surface area contributed by atoms with Gasteiger partial charge < -0.3 is 19.1 Å². The average Bonchev–Trinajstić information content (AvgIpc) is 3.58. The van der Waals surface area contributed by atoms with Crippen LogP contribution in [0.5, 0.6) is 11.5 Å². The van der Waals surface area contributed by atoms with Gasteiger partial charge in [0.1, 0.15) is 0 Å². The molecule has 0 bridgehead atoms. The summed E-state index contributed by atoms with van der Waals surface area (Å²) >= 11 is 0. The normalized spacial score (nSPS) is 17.6. The SMILES string of the molecule is O=C(OCC(=O)N1CCCC1)c1c2c(nc3ccccc13)/C(=C/c1ccc3c(c1)OCO3)CCC2. The Bertz CT molecular complexity index is 1360. The van der Waals surface area contributed by atoms with Crippen LogP contribution in [0.2, 0.25) is 0 Å². The van der Waals surface area contributed by atoms with Crippen molar-refractivity contribution < 1.29 is 23.8 Å². The van der Waals surface area contributed by atoms with Crippen LogP contribution in [0.4, 0.5) is 0 Å². The van der Waals surface area contributed by atoms with Crippen LogP contribution in [0, 0.1) is 0 Å². The fraction of sp³-hybridized carbons (Fsp3) is 0.321. The molecule has 3 heterocycles. The number of aromatic nitrogens is 1. The molecular formula is C28H26N2O5. The summed E-state index contributed by atoms with van der Waals surface area (Å²) in [6.07, 6.45) is 6.59. The number of rotatable bonds is 4. The third kappa shape index (κ3) is 4.11. The van der Waals surface area contributed by atoms with Gasteiger partial charge in [-0.05, 0) is 73.1 Å². The van der Waals surface area contributed by atoms with Gasteiger partial charge in [0.2, 0.25) is 6.79 Å². The Labute approximate surface area is 203 Å². The molecule has 2 aromatic carbocycles. The first-order valence-electron chi connectivity index (χ1n) is 12.1. The number of hydrogen-bond donors (Lipinski definition) is 0. The molecule has 6 rings (SSSR count). The number of esters is 1. The Morgan fingerprint density at radius 3 is 2.71 bits per heavy atom. The number of ether oxygens (including phenoxy) is 3. The quantitative estimate of drug-likeness (QED) is 0.518. The second kappa shape index (κ2) is 9.06. The zero-order chi connectivity index (χ0) is 23.8. The summed E-state index contributed by atoms with van der Waals surface area (Å²) in [7, 11) is 0. The highest BCUT2D eigenvalue weighted by Crippen LogP contribution is 2.38. The molecule has 1 aromatic heterocycles. The van der Waals surface area contributed by atoms with Gasteiger partial charge in [0.25, 0.3) is 5.91 Å². The number of allylic oxidation sites excluding steroid dienone is 1. The number of nitrogens with zero attached hydrogens (tertiary/aromatic N) is 2. The zero-order valence-corrected chi connectivity index (χ0v) is 19.4. The molecule has 7 heteroatoms. The standard InChI is InChI=1S/C28H26N2O5/c31-25(30-12-3-4-13-30)16-33-28(32)26-20-7-1-2-9-22(20)29-27-19(6-5-8-21(26)27)14-18-10-11-23-24(15-18)35-17-34-23/h1-2,7,9-11,14-15H,3-6,8,12-13,16-17H2/b19-14+. The van der Waals surface area contributed by atoms with E-state index in [0.717, 1.165) is 90.0 Å². The second-order valence-electron chi connectivity index (χ2n) is 9.13. The van der Waals surface area contributed by atoms with Gasteiger partial charge in [-0.15, -0.1) is 0 Å². The van der Waals surface area contributed by atoms with Crippen molar-refractivity contribution in [3.05, 3.63) is 64.8 Å². The monoisotopic (exact) mass is 470 g/mol. The van der Waals surface area contributed by atoms with E-state index in [1.165, 1.54) is 0 Å². The lowest BCUT2D eigenvalue weighted by Crippen LogP contribution is -2.32. The largest absolute Gasteiger partial charge is 0.454 e. The molecule has 0 spiro atoms. The average molecular weight is 471 g/mol. The van der Waals surface area contributed by atoms with Crippen LogP contribution in [0.15, 0.2) is 42.5 Å². The Morgan fingerprint density at radius 2 is 1.83 bits per heavy atom. The summed E-state index contributed by atoms with van der Waals surface area (Å²) < 4.78 is 16.5. The molecule has 0 atom stereocenters. The van der Waals surface area contributed by atoms with Crippen molar-refractivity contribution in [2.75, 3.05) is 26.5 Å². The van der Waals surface area contributed by atoms with Gasteiger partial charge in [0.15, 0.2) is 18.1 Å². The molecule has 0 radical (unpaired) electrons. The first-order chi connectivity index (χ1) is 17.2. The Kier molecular flexibility index (Phi) is 5.60. The third-order valence-electron chi connectivity index (χ3n) is 6.90. The third-order valence-corrected chi connectivity index (χ3v) is 6.90. The smallest absolute Gasteiger partial charge is 0.339 e. The highest BCUT2D eigenvalue weighted by Gasteiger charge is 2.27. The highest BCUT2D eigenvalue weighted by molar-refractivity contribution is 6.07. The van der Waals surface area contributed by atoms with Crippen LogP contribution in [0.3, 0.4) is 0 Å². The second-order valence-corrected chi connectivity index (χ2v) is 9.13. The molecule has 7 nitrogen and oxygen atoms in total. The molecule has 178 valence electrons. The molecule has 3 aliphatic rings. The number of pyridine rings is 1. The van der Waals surface area contributed by atoms with Gasteiger partial charge in [-0.1, -0.05) is 24.3 Å². The molecule has 1 saturated heterocycles. The molecule has 1 aliphatic carbocycles. The van der Waals surface area contributed by atoms with E-state index in [4.69, 9.17) is 19.2 Å². The number of amides is 1. The fourth-order valence-electron chi connectivity index (χ4n) is 5.17. The highest BCUT2D eigenvalue weighted by atomic mass is 16.7. The topological polar surface area (TPSA) is 78.0 Å². The predicted octanol–water partition coefficient (Wildman–Crippen LogP) is 4.62. The summed E-state index contributed by atoms with van der Waals surface area (Å²) in [5, 5.41) is 0.759. The maximum absolute atomic E-state index is 13.4. The number of carbonyl (C=O) groups excluding carboxylic acids is 2. The van der Waals surface area contributed by atoms with E-state index < -0.39 is 5.97 Å². The number of carbonyl (C=O) groups is 2. The van der Waals surface area contributed by atoms with Crippen LogP contribution >= 0.6 is 0 Å². The van der Waals surface area contributed by atoms with Crippen LogP contribution in [0.1, 0.15) is 52.9 Å². The van der Waals surface area contributed by atoms with E-state index in [1.54, 1.807) is 4.90 Å². The van der Waals surface area contributed by atoms with Gasteiger partial charge in [-0.25, -0.2) is 9.78 Å². The predicted molar refractivity (Wildman–Crippen MR) is 131 cm³/mol. The molecule has 0 saturated carbocycles. The number of likely N-dealkylation sites (tertiary alicyclic amines) is 1. The van der Waals surface area contributed by atoms with Crippen molar-refractivity contribution in [3.63, 3.8) is 0 Å². The minimum atomic E-state index is -0.461. The first-order valence-corrected chi connectivity index (χ1v) is 12.1. The lowest BCUT2D eigenvalue weighted by molar-refractivity contribution is -0.133. The first kappa shape index (κ1) is 21.6. The maximum atomic E-state index is 13.4. The summed E-state index contributed by atoms with van der Waals surface area (Å²) in [6, 6.07) is 13.5. The van der Waals surface area contributed by atoms with Crippen molar-refractivity contribution >= 4 is 34.4 Å². The molecule has 3 aromatic rings. The molecule has 35 heavy (non-hydrogen) atoms. The van der Waals surface area contributed by atoms with Crippen molar-refractivity contribution in [1.29, 1.82) is 0 Å². The van der Waals surface area contributed by atoms with E-state index in [9.17, 15) is 9.59 Å². The molecule has 2 aliphatic heterocycles. The van der Waals surface area contributed by atoms with Gasteiger partial charge in [-0.2, -0.15) is 0 Å². The van der Waals surface area contributed by atoms with E-state index in [1.807, 2.05) is 42.5 Å². The van der Waals surface area contributed by atoms with E-state index in [-0.39, 0.29) is 19.3 Å². The van der Waals surface area contributed by atoms with Crippen LogP contribution in [0.25, 0.3) is 22.6 Å². The number of benzene rings is 2. The Balaban J connectivity index is 1.37. The minimum absolute atomic E-state index is 0.133. The summed E-state index contributed by atoms with van der Waals surface area (Å²) in [4.78, 5) is 32.6. The fourth-order valence-corrected chi connectivity index (χ4v) is 5.17. The Hall–Kier alpha value is -3.87. The molecule has 1 amide bonds. The molecule has 0 N–H and O–H groups in total. The van der Waals surface area contributed by atoms with Crippen LogP contribution < -0.4 is 9.47 Å². The molecule has 0 unspecified atom stereocenters. The Morgan fingerprint density at radius 1 is 1.00 bits per heavy atom. The number of fused-ring (bicyclic) bond motifs is 3. The molecule has 1 fully saturated rings. The maximum Gasteiger partial charge on any atom is 0.339 e. The van der Waals surface area contributed by atoms with Crippen molar-refractivity contribution in [2.24, 2.45) is 0 Å². The minimum Gasteiger partial charge on any atom is -0.454 e. The van der Waals surface area contributed by atoms with E-state index >= 15 is 0 Å². The van der Waals surface area contributed by atoms with Crippen molar-refractivity contribution in [2.45, 2.75) is 32.1 Å². The van der Waals surface area contributed by atoms with Crippen molar-refractivity contribution in [3.8, 4) is 11.5 Å². The summed E-state index contributed by atoms with van der Waals surface area (Å²) in [5.41, 5.74) is 5.04. The number of para-hydroxylation sites is 1.